The van der Waals surface area contributed by atoms with Crippen LogP contribution in [-0.4, -0.2) is 30.1 Å². The second-order valence-corrected chi connectivity index (χ2v) is 5.15. The molecule has 0 saturated carbocycles. The number of carboxylic acid groups (broad SMARTS) is 1. The highest BCUT2D eigenvalue weighted by molar-refractivity contribution is 7.85. The number of aliphatic carboxylic acids is 1. The van der Waals surface area contributed by atoms with Crippen LogP contribution in [0.1, 0.15) is 6.92 Å². The minimum absolute atomic E-state index is 0.0538. The first-order valence-electron chi connectivity index (χ1n) is 5.25. The molecule has 4 N–H and O–H groups in total. The van der Waals surface area contributed by atoms with E-state index in [-0.39, 0.29) is 16.2 Å². The summed E-state index contributed by atoms with van der Waals surface area (Å²) in [5, 5.41) is 13.1. The second-order valence-electron chi connectivity index (χ2n) is 3.73. The normalized spacial score (nSPS) is 11.8. The summed E-state index contributed by atoms with van der Waals surface area (Å²) in [6, 6.07) is 4.09. The molecule has 108 valence electrons. The zero-order chi connectivity index (χ0) is 15.3. The average molecular weight is 300 g/mol. The minimum Gasteiger partial charge on any atom is -0.478 e. The monoisotopic (exact) mass is 300 g/mol. The number of carboxylic acids is 1. The number of benzene rings is 1. The predicted molar refractivity (Wildman–Crippen MR) is 69.8 cm³/mol. The van der Waals surface area contributed by atoms with Gasteiger partial charge in [-0.3, -0.25) is 4.55 Å². The number of hydrogen-bond acceptors (Lipinski definition) is 4. The lowest BCUT2D eigenvalue weighted by molar-refractivity contribution is -0.132. The van der Waals surface area contributed by atoms with Gasteiger partial charge in [-0.1, -0.05) is 0 Å². The van der Waals surface area contributed by atoms with Gasteiger partial charge in [0.2, 0.25) is 0 Å². The highest BCUT2D eigenvalue weighted by Gasteiger charge is 2.09. The number of carbonyl (C=O) groups is 2. The number of rotatable bonds is 4. The molecule has 1 rings (SSSR count). The van der Waals surface area contributed by atoms with E-state index in [2.05, 4.69) is 10.6 Å². The molecule has 0 heterocycles. The van der Waals surface area contributed by atoms with Crippen LogP contribution in [0.4, 0.5) is 10.5 Å². The van der Waals surface area contributed by atoms with E-state index >= 15 is 0 Å². The van der Waals surface area contributed by atoms with Crippen LogP contribution < -0.4 is 10.6 Å². The lowest BCUT2D eigenvalue weighted by atomic mass is 10.3. The third-order valence-electron chi connectivity index (χ3n) is 2.17. The molecule has 2 amide bonds. The lowest BCUT2D eigenvalue weighted by Crippen LogP contribution is -2.24. The molecule has 0 aromatic heterocycles. The molecule has 1 aromatic rings. The van der Waals surface area contributed by atoms with Crippen LogP contribution in [0.2, 0.25) is 0 Å². The standard InChI is InChI=1S/C11H12N2O6S/c1-7(10(14)15)6-12-11(16)13-8-2-4-9(5-3-8)20(17,18)19/h2-6H,1H3,(H,14,15)(H2,12,13,16)(H,17,18,19). The highest BCUT2D eigenvalue weighted by atomic mass is 32.2. The maximum absolute atomic E-state index is 11.4. The fraction of sp³-hybridized carbons (Fsp3) is 0.0909. The summed E-state index contributed by atoms with van der Waals surface area (Å²) in [6.45, 7) is 1.31. The van der Waals surface area contributed by atoms with Crippen molar-refractivity contribution in [3.8, 4) is 0 Å². The van der Waals surface area contributed by atoms with Gasteiger partial charge in [-0.2, -0.15) is 8.42 Å². The third kappa shape index (κ3) is 4.71. The van der Waals surface area contributed by atoms with Crippen molar-refractivity contribution in [1.29, 1.82) is 0 Å². The molecule has 0 bridgehead atoms. The van der Waals surface area contributed by atoms with Gasteiger partial charge in [0.25, 0.3) is 10.1 Å². The molecule has 0 radical (unpaired) electrons. The Balaban J connectivity index is 2.68. The molecule has 0 spiro atoms. The maximum Gasteiger partial charge on any atom is 0.332 e. The number of urea groups is 1. The van der Waals surface area contributed by atoms with Crippen molar-refractivity contribution < 1.29 is 27.7 Å². The van der Waals surface area contributed by atoms with Crippen LogP contribution >= 0.6 is 0 Å². The van der Waals surface area contributed by atoms with E-state index in [1.54, 1.807) is 0 Å². The number of amides is 2. The van der Waals surface area contributed by atoms with Crippen LogP contribution in [0.5, 0.6) is 0 Å². The minimum atomic E-state index is -4.28. The molecule has 1 aromatic carbocycles. The molecule has 0 fully saturated rings. The van der Waals surface area contributed by atoms with Gasteiger partial charge in [0.05, 0.1) is 10.5 Å². The van der Waals surface area contributed by atoms with Gasteiger partial charge in [-0.15, -0.1) is 0 Å². The van der Waals surface area contributed by atoms with E-state index in [0.717, 1.165) is 18.3 Å². The summed E-state index contributed by atoms with van der Waals surface area (Å²) >= 11 is 0. The van der Waals surface area contributed by atoms with Crippen LogP contribution in [-0.2, 0) is 14.9 Å². The van der Waals surface area contributed by atoms with Gasteiger partial charge in [0.1, 0.15) is 0 Å². The molecule has 8 nitrogen and oxygen atoms in total. The summed E-state index contributed by atoms with van der Waals surface area (Å²) in [5.41, 5.74) is 0.221. The van der Waals surface area contributed by atoms with Crippen molar-refractivity contribution >= 4 is 27.8 Å². The Morgan fingerprint density at radius 3 is 2.20 bits per heavy atom. The fourth-order valence-electron chi connectivity index (χ4n) is 1.11. The smallest absolute Gasteiger partial charge is 0.332 e. The molecule has 0 saturated heterocycles. The Bertz CT molecular complexity index is 648. The number of anilines is 1. The molecule has 20 heavy (non-hydrogen) atoms. The van der Waals surface area contributed by atoms with Crippen LogP contribution in [0.3, 0.4) is 0 Å². The zero-order valence-electron chi connectivity index (χ0n) is 10.3. The van der Waals surface area contributed by atoms with Crippen molar-refractivity contribution in [1.82, 2.24) is 5.32 Å². The van der Waals surface area contributed by atoms with Gasteiger partial charge in [-0.05, 0) is 31.2 Å². The molecule has 9 heteroatoms. The Morgan fingerprint density at radius 1 is 1.20 bits per heavy atom. The summed E-state index contributed by atoms with van der Waals surface area (Å²) in [6.07, 6.45) is 1.02. The Kier molecular flexibility index (Phi) is 4.83. The molecule has 0 aliphatic carbocycles. The van der Waals surface area contributed by atoms with Crippen LogP contribution in [0.15, 0.2) is 40.9 Å². The van der Waals surface area contributed by atoms with Crippen molar-refractivity contribution in [2.45, 2.75) is 11.8 Å². The first-order valence-corrected chi connectivity index (χ1v) is 6.69. The van der Waals surface area contributed by atoms with Crippen molar-refractivity contribution in [3.05, 3.63) is 36.0 Å². The van der Waals surface area contributed by atoms with Crippen molar-refractivity contribution in [2.24, 2.45) is 0 Å². The van der Waals surface area contributed by atoms with Crippen molar-refractivity contribution in [2.75, 3.05) is 5.32 Å². The largest absolute Gasteiger partial charge is 0.478 e. The van der Waals surface area contributed by atoms with E-state index in [9.17, 15) is 18.0 Å². The van der Waals surface area contributed by atoms with E-state index in [4.69, 9.17) is 9.66 Å². The topological polar surface area (TPSA) is 133 Å². The maximum atomic E-state index is 11.4. The summed E-state index contributed by atoms with van der Waals surface area (Å²) in [5.74, 6) is -1.16. The zero-order valence-corrected chi connectivity index (χ0v) is 11.1. The predicted octanol–water partition coefficient (Wildman–Crippen LogP) is 1.04. The first-order chi connectivity index (χ1) is 9.20. The second kappa shape index (κ2) is 6.17. The third-order valence-corrected chi connectivity index (χ3v) is 3.04. The Labute approximate surface area is 114 Å². The molecular formula is C11H12N2O6S. The number of nitrogens with one attached hydrogen (secondary N) is 2. The van der Waals surface area contributed by atoms with E-state index < -0.39 is 22.1 Å². The summed E-state index contributed by atoms with van der Waals surface area (Å²) in [7, 11) is -4.28. The van der Waals surface area contributed by atoms with E-state index in [0.29, 0.717) is 0 Å². The molecule has 0 atom stereocenters. The van der Waals surface area contributed by atoms with Crippen LogP contribution in [0.25, 0.3) is 0 Å². The Morgan fingerprint density at radius 2 is 1.75 bits per heavy atom. The first kappa shape index (κ1) is 15.7. The van der Waals surface area contributed by atoms with Crippen LogP contribution in [0, 0.1) is 0 Å². The van der Waals surface area contributed by atoms with Gasteiger partial charge in [0.15, 0.2) is 0 Å². The highest BCUT2D eigenvalue weighted by Crippen LogP contribution is 2.13. The summed E-state index contributed by atoms with van der Waals surface area (Å²) in [4.78, 5) is 21.6. The molecule has 0 aliphatic heterocycles. The lowest BCUT2D eigenvalue weighted by Gasteiger charge is -2.05. The Hall–Kier alpha value is -2.39. The SMILES string of the molecule is CC(=CNC(=O)Nc1ccc(S(=O)(=O)O)cc1)C(=O)O. The number of hydrogen-bond donors (Lipinski definition) is 4. The summed E-state index contributed by atoms with van der Waals surface area (Å²) < 4.78 is 30.4. The molecule has 0 aliphatic rings. The van der Waals surface area contributed by atoms with E-state index in [1.807, 2.05) is 0 Å². The number of carbonyl (C=O) groups excluding carboxylic acids is 1. The van der Waals surface area contributed by atoms with Gasteiger partial charge >= 0.3 is 12.0 Å². The quantitative estimate of drug-likeness (QED) is 0.485. The van der Waals surface area contributed by atoms with E-state index in [1.165, 1.54) is 19.1 Å². The molecular weight excluding hydrogens is 288 g/mol. The average Bonchev–Trinajstić information content (AvgIpc) is 2.35. The van der Waals surface area contributed by atoms with Crippen molar-refractivity contribution in [3.63, 3.8) is 0 Å². The van der Waals surface area contributed by atoms with Gasteiger partial charge < -0.3 is 15.7 Å². The molecule has 0 unspecified atom stereocenters. The fourth-order valence-corrected chi connectivity index (χ4v) is 1.59. The van der Waals surface area contributed by atoms with Gasteiger partial charge in [0, 0.05) is 11.9 Å². The van der Waals surface area contributed by atoms with Gasteiger partial charge in [-0.25, -0.2) is 9.59 Å².